The minimum Gasteiger partial charge on any atom is -0.391 e. The Morgan fingerprint density at radius 3 is 2.18 bits per heavy atom. The van der Waals surface area contributed by atoms with Gasteiger partial charge in [0.05, 0.1) is 12.6 Å². The minimum atomic E-state index is -1.30. The quantitative estimate of drug-likeness (QED) is 0.103. The molecule has 3 amide bonds. The predicted octanol–water partition coefficient (Wildman–Crippen LogP) is 1.24. The summed E-state index contributed by atoms with van der Waals surface area (Å²) in [6, 6.07) is 17.9. The van der Waals surface area contributed by atoms with Crippen LogP contribution in [0.4, 0.5) is 5.69 Å². The van der Waals surface area contributed by atoms with Crippen LogP contribution in [0, 0.1) is 11.8 Å². The molecule has 0 spiro atoms. The Morgan fingerprint density at radius 1 is 0.947 bits per heavy atom. The maximum absolute atomic E-state index is 12.4. The molecule has 1 heterocycles. The van der Waals surface area contributed by atoms with E-state index in [1.54, 1.807) is 54.7 Å². The lowest BCUT2D eigenvalue weighted by molar-refractivity contribution is -0.133. The molecule has 1 aromatic heterocycles. The van der Waals surface area contributed by atoms with Crippen molar-refractivity contribution in [2.45, 2.75) is 25.5 Å². The van der Waals surface area contributed by atoms with Crippen molar-refractivity contribution in [3.63, 3.8) is 0 Å². The summed E-state index contributed by atoms with van der Waals surface area (Å²) in [5.41, 5.74) is 4.71. The van der Waals surface area contributed by atoms with Gasteiger partial charge in [-0.3, -0.25) is 24.6 Å². The monoisotopic (exact) mass is 515 g/mol. The average Bonchev–Trinajstić information content (AvgIpc) is 2.94. The molecule has 38 heavy (non-hydrogen) atoms. The van der Waals surface area contributed by atoms with Gasteiger partial charge in [0.2, 0.25) is 5.91 Å². The number of carbonyl (C=O) groups is 3. The van der Waals surface area contributed by atoms with E-state index in [4.69, 9.17) is 5.21 Å². The zero-order chi connectivity index (χ0) is 27.3. The lowest BCUT2D eigenvalue weighted by atomic mass is 10.1. The third-order valence-electron chi connectivity index (χ3n) is 5.40. The molecule has 0 unspecified atom stereocenters. The van der Waals surface area contributed by atoms with Crippen LogP contribution in [-0.2, 0) is 16.0 Å². The number of rotatable bonds is 10. The van der Waals surface area contributed by atoms with Crippen molar-refractivity contribution in [1.29, 1.82) is 0 Å². The Morgan fingerprint density at radius 2 is 1.61 bits per heavy atom. The first-order valence-electron chi connectivity index (χ1n) is 11.9. The van der Waals surface area contributed by atoms with Crippen LogP contribution in [0.2, 0.25) is 0 Å². The fourth-order valence-electron chi connectivity index (χ4n) is 3.36. The molecule has 2 aromatic carbocycles. The van der Waals surface area contributed by atoms with Crippen molar-refractivity contribution in [3.05, 3.63) is 95.3 Å². The second-order valence-corrected chi connectivity index (χ2v) is 8.37. The fraction of sp³-hybridized carbons (Fsp3) is 0.214. The van der Waals surface area contributed by atoms with E-state index in [0.29, 0.717) is 17.8 Å². The lowest BCUT2D eigenvalue weighted by Crippen LogP contribution is -2.51. The molecule has 0 bridgehead atoms. The van der Waals surface area contributed by atoms with Gasteiger partial charge >= 0.3 is 0 Å². The van der Waals surface area contributed by atoms with Gasteiger partial charge in [-0.15, -0.1) is 0 Å². The maximum atomic E-state index is 12.4. The van der Waals surface area contributed by atoms with Crippen molar-refractivity contribution >= 4 is 23.4 Å². The molecule has 0 radical (unpaired) electrons. The van der Waals surface area contributed by atoms with Crippen LogP contribution < -0.4 is 21.4 Å². The van der Waals surface area contributed by atoms with Crippen LogP contribution in [0.5, 0.6) is 0 Å². The molecule has 0 fully saturated rings. The number of nitrogens with one attached hydrogen (secondary N) is 4. The molecule has 0 aliphatic carbocycles. The first kappa shape index (κ1) is 28.0. The number of anilines is 1. The molecule has 3 rings (SSSR count). The van der Waals surface area contributed by atoms with Gasteiger partial charge in [-0.25, -0.2) is 5.48 Å². The van der Waals surface area contributed by atoms with Crippen LogP contribution in [0.1, 0.15) is 34.1 Å². The van der Waals surface area contributed by atoms with Gasteiger partial charge in [-0.2, -0.15) is 0 Å². The van der Waals surface area contributed by atoms with Gasteiger partial charge in [-0.1, -0.05) is 17.9 Å². The minimum absolute atomic E-state index is 0.147. The molecular formula is C28H29N5O5. The van der Waals surface area contributed by atoms with Crippen LogP contribution in [0.3, 0.4) is 0 Å². The summed E-state index contributed by atoms with van der Waals surface area (Å²) < 4.78 is 0. The van der Waals surface area contributed by atoms with Gasteiger partial charge in [-0.05, 0) is 67.6 Å². The van der Waals surface area contributed by atoms with E-state index < -0.39 is 24.0 Å². The van der Waals surface area contributed by atoms with Crippen LogP contribution >= 0.6 is 0 Å². The number of nitrogens with zero attached hydrogens (tertiary/aromatic N) is 1. The molecule has 0 saturated heterocycles. The molecule has 10 nitrogen and oxygen atoms in total. The molecular weight excluding hydrogens is 486 g/mol. The van der Waals surface area contributed by atoms with E-state index in [1.165, 1.54) is 12.4 Å². The molecule has 0 aliphatic rings. The van der Waals surface area contributed by atoms with E-state index in [1.807, 2.05) is 18.2 Å². The number of hydroxylamine groups is 1. The maximum Gasteiger partial charge on any atom is 0.268 e. The highest BCUT2D eigenvalue weighted by Gasteiger charge is 2.25. The summed E-state index contributed by atoms with van der Waals surface area (Å²) in [6.07, 6.45) is 1.28. The highest BCUT2D eigenvalue weighted by molar-refractivity contribution is 5.97. The number of amides is 3. The smallest absolute Gasteiger partial charge is 0.268 e. The zero-order valence-electron chi connectivity index (χ0n) is 20.8. The second kappa shape index (κ2) is 14.2. The summed E-state index contributed by atoms with van der Waals surface area (Å²) >= 11 is 0. The number of aliphatic hydroxyl groups excluding tert-OH is 1. The molecule has 196 valence electrons. The average molecular weight is 516 g/mol. The number of aliphatic hydroxyl groups is 1. The highest BCUT2D eigenvalue weighted by Crippen LogP contribution is 2.10. The van der Waals surface area contributed by atoms with E-state index in [-0.39, 0.29) is 18.0 Å². The summed E-state index contributed by atoms with van der Waals surface area (Å²) in [5.74, 6) is 4.37. The standard InChI is InChI=1S/C28H29N5O5/c1-19(34)26(28(37)33-38)32-27(36)22-11-7-20(8-12-22)5-6-21-9-13-24(14-10-21)31-25(35)18-29-17-15-23-4-2-3-16-30-23/h2-4,7-14,16,19,26,29,34,38H,15,17-18H2,1H3,(H,31,35)(H,32,36)(H,33,37)/t19-,26+/m1/s1. The number of aromatic nitrogens is 1. The summed E-state index contributed by atoms with van der Waals surface area (Å²) in [5, 5.41) is 26.7. The number of benzene rings is 2. The van der Waals surface area contributed by atoms with Crippen LogP contribution in [-0.4, -0.2) is 58.3 Å². The first-order valence-corrected chi connectivity index (χ1v) is 11.9. The van der Waals surface area contributed by atoms with Gasteiger partial charge < -0.3 is 21.1 Å². The first-order chi connectivity index (χ1) is 18.4. The zero-order valence-corrected chi connectivity index (χ0v) is 20.8. The van der Waals surface area contributed by atoms with Crippen molar-refractivity contribution in [1.82, 2.24) is 21.1 Å². The van der Waals surface area contributed by atoms with E-state index >= 15 is 0 Å². The largest absolute Gasteiger partial charge is 0.391 e. The van der Waals surface area contributed by atoms with Gasteiger partial charge in [0.15, 0.2) is 0 Å². The van der Waals surface area contributed by atoms with Crippen molar-refractivity contribution < 1.29 is 24.7 Å². The Bertz CT molecular complexity index is 1280. The molecule has 0 saturated carbocycles. The topological polar surface area (TPSA) is 153 Å². The number of hydrogen-bond donors (Lipinski definition) is 6. The van der Waals surface area contributed by atoms with Crippen molar-refractivity contribution in [2.24, 2.45) is 0 Å². The third-order valence-corrected chi connectivity index (χ3v) is 5.40. The van der Waals surface area contributed by atoms with Gasteiger partial charge in [0.1, 0.15) is 6.04 Å². The molecule has 6 N–H and O–H groups in total. The van der Waals surface area contributed by atoms with E-state index in [9.17, 15) is 19.5 Å². The Balaban J connectivity index is 1.47. The van der Waals surface area contributed by atoms with E-state index in [2.05, 4.69) is 32.8 Å². The highest BCUT2D eigenvalue weighted by atomic mass is 16.5. The molecule has 0 aliphatic heterocycles. The number of pyridine rings is 1. The fourth-order valence-corrected chi connectivity index (χ4v) is 3.36. The van der Waals surface area contributed by atoms with Gasteiger partial charge in [0.25, 0.3) is 11.8 Å². The SMILES string of the molecule is C[C@@H](O)[C@H](NC(=O)c1ccc(C#Cc2ccc(NC(=O)CNCCc3ccccn3)cc2)cc1)C(=O)NO. The Labute approximate surface area is 220 Å². The second-order valence-electron chi connectivity index (χ2n) is 8.37. The summed E-state index contributed by atoms with van der Waals surface area (Å²) in [6.45, 7) is 2.16. The third kappa shape index (κ3) is 8.83. The van der Waals surface area contributed by atoms with Crippen molar-refractivity contribution in [3.8, 4) is 11.8 Å². The molecule has 10 heteroatoms. The normalized spacial score (nSPS) is 11.9. The number of carbonyl (C=O) groups excluding carboxylic acids is 3. The lowest BCUT2D eigenvalue weighted by Gasteiger charge is -2.19. The van der Waals surface area contributed by atoms with E-state index in [0.717, 1.165) is 17.7 Å². The number of hydrogen-bond acceptors (Lipinski definition) is 7. The summed E-state index contributed by atoms with van der Waals surface area (Å²) in [4.78, 5) is 40.3. The predicted molar refractivity (Wildman–Crippen MR) is 141 cm³/mol. The Hall–Kier alpha value is -4.56. The van der Waals surface area contributed by atoms with Crippen LogP contribution in [0.15, 0.2) is 72.9 Å². The molecule has 2 atom stereocenters. The van der Waals surface area contributed by atoms with Gasteiger partial charge in [0, 0.05) is 47.2 Å². The Kier molecular flexibility index (Phi) is 10.5. The summed E-state index contributed by atoms with van der Waals surface area (Å²) in [7, 11) is 0. The van der Waals surface area contributed by atoms with Crippen LogP contribution in [0.25, 0.3) is 0 Å². The molecule has 3 aromatic rings. The van der Waals surface area contributed by atoms with Crippen molar-refractivity contribution in [2.75, 3.05) is 18.4 Å².